The Hall–Kier alpha value is -1.06. The lowest BCUT2D eigenvalue weighted by Gasteiger charge is -2.29. The Morgan fingerprint density at radius 1 is 1.44 bits per heavy atom. The molecule has 16 heavy (non-hydrogen) atoms. The van der Waals surface area contributed by atoms with Gasteiger partial charge >= 0.3 is 0 Å². The van der Waals surface area contributed by atoms with Crippen molar-refractivity contribution in [2.45, 2.75) is 58.5 Å². The van der Waals surface area contributed by atoms with Crippen LogP contribution in [0, 0.1) is 0 Å². The quantitative estimate of drug-likeness (QED) is 0.785. The monoisotopic (exact) mass is 226 g/mol. The largest absolute Gasteiger partial charge is 0.344 e. The number of nitrogens with one attached hydrogen (secondary N) is 1. The smallest absolute Gasteiger partial charge is 0.245 e. The fourth-order valence-corrected chi connectivity index (χ4v) is 2.15. The van der Waals surface area contributed by atoms with Crippen LogP contribution in [0.25, 0.3) is 0 Å². The molecule has 0 aromatic carbocycles. The minimum atomic E-state index is -0.325. The van der Waals surface area contributed by atoms with E-state index in [1.54, 1.807) is 0 Å². The summed E-state index contributed by atoms with van der Waals surface area (Å²) in [5.41, 5.74) is 0. The highest BCUT2D eigenvalue weighted by Crippen LogP contribution is 2.13. The summed E-state index contributed by atoms with van der Waals surface area (Å²) in [5.74, 6) is 0.0701. The summed E-state index contributed by atoms with van der Waals surface area (Å²) >= 11 is 0. The zero-order chi connectivity index (χ0) is 12.1. The Kier molecular flexibility index (Phi) is 4.77. The van der Waals surface area contributed by atoms with Crippen molar-refractivity contribution in [2.75, 3.05) is 6.54 Å². The van der Waals surface area contributed by atoms with Crippen LogP contribution in [0.3, 0.4) is 0 Å². The SMILES string of the molecule is CCCC(C)N1CCC(=O)NC(CC)C1=O. The summed E-state index contributed by atoms with van der Waals surface area (Å²) in [4.78, 5) is 25.4. The second kappa shape index (κ2) is 5.87. The fourth-order valence-electron chi connectivity index (χ4n) is 2.15. The van der Waals surface area contributed by atoms with Gasteiger partial charge in [-0.15, -0.1) is 0 Å². The standard InChI is InChI=1S/C12H22N2O2/c1-4-6-9(3)14-8-7-11(15)13-10(5-2)12(14)16/h9-10H,4-8H2,1-3H3,(H,13,15). The lowest BCUT2D eigenvalue weighted by Crippen LogP contribution is -2.47. The van der Waals surface area contributed by atoms with E-state index in [0.29, 0.717) is 19.4 Å². The Bertz CT molecular complexity index is 266. The first kappa shape index (κ1) is 13.0. The van der Waals surface area contributed by atoms with Gasteiger partial charge in [-0.25, -0.2) is 0 Å². The molecule has 0 saturated carbocycles. The molecule has 1 heterocycles. The highest BCUT2D eigenvalue weighted by Gasteiger charge is 2.30. The molecule has 1 N–H and O–H groups in total. The molecule has 1 fully saturated rings. The molecule has 1 aliphatic heterocycles. The van der Waals surface area contributed by atoms with Crippen LogP contribution in [0.4, 0.5) is 0 Å². The van der Waals surface area contributed by atoms with Crippen molar-refractivity contribution in [1.82, 2.24) is 10.2 Å². The first-order valence-electron chi connectivity index (χ1n) is 6.20. The molecule has 92 valence electrons. The minimum Gasteiger partial charge on any atom is -0.344 e. The van der Waals surface area contributed by atoms with Crippen molar-refractivity contribution >= 4 is 11.8 Å². The third-order valence-corrected chi connectivity index (χ3v) is 3.14. The highest BCUT2D eigenvalue weighted by molar-refractivity contribution is 5.90. The molecule has 0 radical (unpaired) electrons. The predicted molar refractivity (Wildman–Crippen MR) is 62.9 cm³/mol. The number of hydrogen-bond donors (Lipinski definition) is 1. The van der Waals surface area contributed by atoms with E-state index in [0.717, 1.165) is 12.8 Å². The summed E-state index contributed by atoms with van der Waals surface area (Å²) in [6.45, 7) is 6.66. The van der Waals surface area contributed by atoms with Crippen LogP contribution in [0.15, 0.2) is 0 Å². The number of nitrogens with zero attached hydrogens (tertiary/aromatic N) is 1. The average Bonchev–Trinajstić information content (AvgIpc) is 2.39. The van der Waals surface area contributed by atoms with E-state index in [-0.39, 0.29) is 23.9 Å². The van der Waals surface area contributed by atoms with E-state index in [1.807, 2.05) is 11.8 Å². The summed E-state index contributed by atoms with van der Waals surface area (Å²) in [6, 6.07) is -0.0893. The van der Waals surface area contributed by atoms with Gasteiger partial charge in [-0.3, -0.25) is 9.59 Å². The summed E-state index contributed by atoms with van der Waals surface area (Å²) in [7, 11) is 0. The van der Waals surface area contributed by atoms with Crippen molar-refractivity contribution in [1.29, 1.82) is 0 Å². The molecule has 2 unspecified atom stereocenters. The molecule has 0 aromatic heterocycles. The maximum absolute atomic E-state index is 12.1. The van der Waals surface area contributed by atoms with E-state index >= 15 is 0 Å². The number of carbonyl (C=O) groups excluding carboxylic acids is 2. The lowest BCUT2D eigenvalue weighted by molar-refractivity contribution is -0.135. The molecule has 1 rings (SSSR count). The number of carbonyl (C=O) groups is 2. The van der Waals surface area contributed by atoms with Gasteiger partial charge in [0.15, 0.2) is 0 Å². The van der Waals surface area contributed by atoms with Crippen molar-refractivity contribution in [3.05, 3.63) is 0 Å². The Morgan fingerprint density at radius 2 is 2.12 bits per heavy atom. The zero-order valence-corrected chi connectivity index (χ0v) is 10.5. The van der Waals surface area contributed by atoms with Gasteiger partial charge in [0, 0.05) is 19.0 Å². The van der Waals surface area contributed by atoms with Crippen LogP contribution in [-0.2, 0) is 9.59 Å². The van der Waals surface area contributed by atoms with Crippen molar-refractivity contribution in [2.24, 2.45) is 0 Å². The van der Waals surface area contributed by atoms with E-state index in [9.17, 15) is 9.59 Å². The van der Waals surface area contributed by atoms with Crippen LogP contribution < -0.4 is 5.32 Å². The first-order chi connectivity index (χ1) is 7.60. The van der Waals surface area contributed by atoms with Crippen LogP contribution in [-0.4, -0.2) is 35.3 Å². The molecule has 4 nitrogen and oxygen atoms in total. The van der Waals surface area contributed by atoms with Gasteiger partial charge < -0.3 is 10.2 Å². The molecule has 0 aliphatic carbocycles. The van der Waals surface area contributed by atoms with E-state index in [2.05, 4.69) is 19.2 Å². The molecule has 4 heteroatoms. The Morgan fingerprint density at radius 3 is 2.69 bits per heavy atom. The maximum atomic E-state index is 12.1. The first-order valence-corrected chi connectivity index (χ1v) is 6.20. The van der Waals surface area contributed by atoms with Gasteiger partial charge in [-0.2, -0.15) is 0 Å². The van der Waals surface area contributed by atoms with Crippen molar-refractivity contribution < 1.29 is 9.59 Å². The van der Waals surface area contributed by atoms with Crippen LogP contribution >= 0.6 is 0 Å². The number of amides is 2. The van der Waals surface area contributed by atoms with Gasteiger partial charge in [0.25, 0.3) is 0 Å². The molecule has 1 saturated heterocycles. The second-order valence-electron chi connectivity index (χ2n) is 4.45. The zero-order valence-electron chi connectivity index (χ0n) is 10.5. The van der Waals surface area contributed by atoms with Gasteiger partial charge in [-0.05, 0) is 19.8 Å². The van der Waals surface area contributed by atoms with Crippen LogP contribution in [0.5, 0.6) is 0 Å². The summed E-state index contributed by atoms with van der Waals surface area (Å²) < 4.78 is 0. The Labute approximate surface area is 97.4 Å². The molecule has 1 aliphatic rings. The fraction of sp³-hybridized carbons (Fsp3) is 0.833. The van der Waals surface area contributed by atoms with Crippen LogP contribution in [0.1, 0.15) is 46.5 Å². The molecular formula is C12H22N2O2. The molecule has 2 atom stereocenters. The van der Waals surface area contributed by atoms with Gasteiger partial charge in [0.05, 0.1) is 0 Å². The van der Waals surface area contributed by atoms with E-state index in [4.69, 9.17) is 0 Å². The summed E-state index contributed by atoms with van der Waals surface area (Å²) in [5, 5.41) is 2.78. The highest BCUT2D eigenvalue weighted by atomic mass is 16.2. The minimum absolute atomic E-state index is 0.00796. The number of rotatable bonds is 4. The third kappa shape index (κ3) is 2.97. The molecular weight excluding hydrogens is 204 g/mol. The molecule has 0 bridgehead atoms. The predicted octanol–water partition coefficient (Wildman–Crippen LogP) is 1.30. The molecule has 0 aromatic rings. The third-order valence-electron chi connectivity index (χ3n) is 3.14. The van der Waals surface area contributed by atoms with Crippen molar-refractivity contribution in [3.63, 3.8) is 0 Å². The van der Waals surface area contributed by atoms with Crippen molar-refractivity contribution in [3.8, 4) is 0 Å². The second-order valence-corrected chi connectivity index (χ2v) is 4.45. The molecule has 2 amide bonds. The van der Waals surface area contributed by atoms with Gasteiger partial charge in [0.1, 0.15) is 6.04 Å². The Balaban J connectivity index is 2.75. The lowest BCUT2D eigenvalue weighted by atomic mass is 10.1. The summed E-state index contributed by atoms with van der Waals surface area (Å²) in [6.07, 6.45) is 3.15. The van der Waals surface area contributed by atoms with E-state index < -0.39 is 0 Å². The van der Waals surface area contributed by atoms with Gasteiger partial charge in [0.2, 0.25) is 11.8 Å². The normalized spacial score (nSPS) is 23.9. The maximum Gasteiger partial charge on any atom is 0.245 e. The number of hydrogen-bond acceptors (Lipinski definition) is 2. The average molecular weight is 226 g/mol. The van der Waals surface area contributed by atoms with Crippen LogP contribution in [0.2, 0.25) is 0 Å². The molecule has 0 spiro atoms. The van der Waals surface area contributed by atoms with Gasteiger partial charge in [-0.1, -0.05) is 20.3 Å². The van der Waals surface area contributed by atoms with E-state index in [1.165, 1.54) is 0 Å². The topological polar surface area (TPSA) is 49.4 Å².